The fraction of sp³-hybridized carbons (Fsp3) is 0.385. The molecule has 78 valence electrons. The van der Waals surface area contributed by atoms with Crippen LogP contribution < -0.4 is 0 Å². The monoisotopic (exact) mass is 201 g/mol. The molecule has 1 atom stereocenters. The predicted octanol–water partition coefficient (Wildman–Crippen LogP) is 2.67. The number of ether oxygens (including phenoxy) is 1. The van der Waals surface area contributed by atoms with Gasteiger partial charge in [-0.2, -0.15) is 0 Å². The first-order valence-corrected chi connectivity index (χ1v) is 5.49. The minimum absolute atomic E-state index is 0.400. The summed E-state index contributed by atoms with van der Waals surface area (Å²) in [6.07, 6.45) is 3.70. The lowest BCUT2D eigenvalue weighted by Crippen LogP contribution is -2.20. The fourth-order valence-electron chi connectivity index (χ4n) is 2.54. The highest BCUT2D eigenvalue weighted by Gasteiger charge is 2.21. The Morgan fingerprint density at radius 2 is 2.20 bits per heavy atom. The molecular weight excluding hydrogens is 186 g/mol. The molecule has 1 aromatic heterocycles. The van der Waals surface area contributed by atoms with E-state index in [4.69, 9.17) is 4.74 Å². The molecule has 1 aromatic carbocycles. The minimum Gasteiger partial charge on any atom is -0.381 e. The topological polar surface area (TPSA) is 25.0 Å². The van der Waals surface area contributed by atoms with Crippen LogP contribution in [0.3, 0.4) is 0 Å². The van der Waals surface area contributed by atoms with E-state index in [1.54, 1.807) is 0 Å². The Bertz CT molecular complexity index is 486. The lowest BCUT2D eigenvalue weighted by Gasteiger charge is -2.20. The molecule has 2 nitrogen and oxygen atoms in total. The second kappa shape index (κ2) is 3.38. The van der Waals surface area contributed by atoms with Gasteiger partial charge in [0.1, 0.15) is 0 Å². The van der Waals surface area contributed by atoms with Crippen molar-refractivity contribution in [2.24, 2.45) is 0 Å². The standard InChI is InChI=1S/C13H15NO/c1-15-9-6-7-13-11(8-9)10-4-2-3-5-12(10)14-13/h2-5,9,14H,6-8H2,1H3. The number of rotatable bonds is 1. The van der Waals surface area contributed by atoms with E-state index >= 15 is 0 Å². The Balaban J connectivity index is 2.14. The number of hydrogen-bond acceptors (Lipinski definition) is 1. The molecule has 0 bridgehead atoms. The van der Waals surface area contributed by atoms with Crippen LogP contribution in [0, 0.1) is 0 Å². The van der Waals surface area contributed by atoms with E-state index in [2.05, 4.69) is 29.2 Å². The van der Waals surface area contributed by atoms with Crippen LogP contribution in [0.4, 0.5) is 0 Å². The molecule has 1 N–H and O–H groups in total. The van der Waals surface area contributed by atoms with Gasteiger partial charge in [0, 0.05) is 30.1 Å². The first kappa shape index (κ1) is 8.98. The molecule has 3 rings (SSSR count). The zero-order valence-corrected chi connectivity index (χ0v) is 8.92. The molecule has 0 radical (unpaired) electrons. The van der Waals surface area contributed by atoms with Crippen LogP contribution in [0.1, 0.15) is 17.7 Å². The lowest BCUT2D eigenvalue weighted by molar-refractivity contribution is 0.0911. The van der Waals surface area contributed by atoms with E-state index in [1.165, 1.54) is 22.2 Å². The van der Waals surface area contributed by atoms with Gasteiger partial charge in [0.15, 0.2) is 0 Å². The highest BCUT2D eigenvalue weighted by atomic mass is 16.5. The van der Waals surface area contributed by atoms with Crippen LogP contribution in [-0.2, 0) is 17.6 Å². The number of aromatic amines is 1. The molecule has 15 heavy (non-hydrogen) atoms. The second-order valence-corrected chi connectivity index (χ2v) is 4.23. The van der Waals surface area contributed by atoms with E-state index in [9.17, 15) is 0 Å². The Morgan fingerprint density at radius 3 is 3.07 bits per heavy atom. The van der Waals surface area contributed by atoms with Crippen molar-refractivity contribution in [1.82, 2.24) is 4.98 Å². The van der Waals surface area contributed by atoms with Gasteiger partial charge in [-0.15, -0.1) is 0 Å². The number of benzene rings is 1. The van der Waals surface area contributed by atoms with Gasteiger partial charge in [-0.1, -0.05) is 18.2 Å². The number of aryl methyl sites for hydroxylation is 1. The largest absolute Gasteiger partial charge is 0.381 e. The first-order chi connectivity index (χ1) is 7.38. The van der Waals surface area contributed by atoms with E-state index in [0.717, 1.165) is 19.3 Å². The van der Waals surface area contributed by atoms with E-state index in [1.807, 2.05) is 7.11 Å². The average Bonchev–Trinajstić information content (AvgIpc) is 2.66. The zero-order valence-electron chi connectivity index (χ0n) is 8.92. The quantitative estimate of drug-likeness (QED) is 0.754. The van der Waals surface area contributed by atoms with Crippen LogP contribution in [0.2, 0.25) is 0 Å². The van der Waals surface area contributed by atoms with Gasteiger partial charge in [0.25, 0.3) is 0 Å². The van der Waals surface area contributed by atoms with Crippen molar-refractivity contribution in [3.05, 3.63) is 35.5 Å². The highest BCUT2D eigenvalue weighted by molar-refractivity contribution is 5.84. The smallest absolute Gasteiger partial charge is 0.0616 e. The summed E-state index contributed by atoms with van der Waals surface area (Å²) >= 11 is 0. The Kier molecular flexibility index (Phi) is 2.03. The number of hydrogen-bond donors (Lipinski definition) is 1. The van der Waals surface area contributed by atoms with E-state index in [-0.39, 0.29) is 0 Å². The van der Waals surface area contributed by atoms with Crippen LogP contribution in [0.5, 0.6) is 0 Å². The summed E-state index contributed by atoms with van der Waals surface area (Å²) in [5.41, 5.74) is 4.13. The van der Waals surface area contributed by atoms with Crippen LogP contribution in [0.15, 0.2) is 24.3 Å². The van der Waals surface area contributed by atoms with Gasteiger partial charge in [-0.05, 0) is 24.5 Å². The van der Waals surface area contributed by atoms with Gasteiger partial charge in [-0.25, -0.2) is 0 Å². The normalized spacial score (nSPS) is 20.5. The number of H-pyrrole nitrogens is 1. The Hall–Kier alpha value is -1.28. The third-order valence-corrected chi connectivity index (χ3v) is 3.38. The van der Waals surface area contributed by atoms with Gasteiger partial charge < -0.3 is 9.72 Å². The zero-order chi connectivity index (χ0) is 10.3. The fourth-order valence-corrected chi connectivity index (χ4v) is 2.54. The molecule has 1 aliphatic rings. The third-order valence-electron chi connectivity index (χ3n) is 3.38. The van der Waals surface area contributed by atoms with Crippen LogP contribution >= 0.6 is 0 Å². The molecule has 0 aliphatic heterocycles. The maximum absolute atomic E-state index is 5.45. The van der Waals surface area contributed by atoms with Crippen molar-refractivity contribution in [2.75, 3.05) is 7.11 Å². The van der Waals surface area contributed by atoms with Crippen molar-refractivity contribution >= 4 is 10.9 Å². The summed E-state index contributed by atoms with van der Waals surface area (Å²) in [4.78, 5) is 3.51. The molecular formula is C13H15NO. The molecule has 2 aromatic rings. The number of para-hydroxylation sites is 1. The summed E-state index contributed by atoms with van der Waals surface area (Å²) in [6, 6.07) is 8.53. The molecule has 0 fully saturated rings. The van der Waals surface area contributed by atoms with E-state index < -0.39 is 0 Å². The van der Waals surface area contributed by atoms with Crippen molar-refractivity contribution in [2.45, 2.75) is 25.4 Å². The number of aromatic nitrogens is 1. The van der Waals surface area contributed by atoms with Crippen molar-refractivity contribution in [3.8, 4) is 0 Å². The first-order valence-electron chi connectivity index (χ1n) is 5.49. The van der Waals surface area contributed by atoms with Crippen molar-refractivity contribution < 1.29 is 4.74 Å². The third kappa shape index (κ3) is 1.37. The van der Waals surface area contributed by atoms with Gasteiger partial charge in [-0.3, -0.25) is 0 Å². The van der Waals surface area contributed by atoms with Gasteiger partial charge >= 0.3 is 0 Å². The van der Waals surface area contributed by atoms with Crippen molar-refractivity contribution in [1.29, 1.82) is 0 Å². The number of nitrogens with one attached hydrogen (secondary N) is 1. The second-order valence-electron chi connectivity index (χ2n) is 4.23. The summed E-state index contributed by atoms with van der Waals surface area (Å²) in [7, 11) is 1.81. The molecule has 0 saturated heterocycles. The Morgan fingerprint density at radius 1 is 1.33 bits per heavy atom. The maximum Gasteiger partial charge on any atom is 0.0616 e. The van der Waals surface area contributed by atoms with Gasteiger partial charge in [0.05, 0.1) is 6.10 Å². The number of fused-ring (bicyclic) bond motifs is 3. The molecule has 2 heteroatoms. The van der Waals surface area contributed by atoms with Crippen molar-refractivity contribution in [3.63, 3.8) is 0 Å². The SMILES string of the molecule is COC1CCc2[nH]c3ccccc3c2C1. The molecule has 1 unspecified atom stereocenters. The van der Waals surface area contributed by atoms with Crippen LogP contribution in [0.25, 0.3) is 10.9 Å². The van der Waals surface area contributed by atoms with Gasteiger partial charge in [0.2, 0.25) is 0 Å². The summed E-state index contributed by atoms with van der Waals surface area (Å²) < 4.78 is 5.45. The highest BCUT2D eigenvalue weighted by Crippen LogP contribution is 2.29. The average molecular weight is 201 g/mol. The minimum atomic E-state index is 0.400. The maximum atomic E-state index is 5.45. The number of methoxy groups -OCH3 is 1. The molecule has 0 amide bonds. The molecule has 0 spiro atoms. The molecule has 0 saturated carbocycles. The van der Waals surface area contributed by atoms with E-state index in [0.29, 0.717) is 6.10 Å². The summed E-state index contributed by atoms with van der Waals surface area (Å²) in [5.74, 6) is 0. The summed E-state index contributed by atoms with van der Waals surface area (Å²) in [5, 5.41) is 1.37. The Labute approximate surface area is 89.3 Å². The molecule has 1 aliphatic carbocycles. The predicted molar refractivity (Wildman–Crippen MR) is 61.1 cm³/mol. The summed E-state index contributed by atoms with van der Waals surface area (Å²) in [6.45, 7) is 0. The lowest BCUT2D eigenvalue weighted by atomic mass is 9.93. The van der Waals surface area contributed by atoms with Crippen LogP contribution in [-0.4, -0.2) is 18.2 Å². The molecule has 1 heterocycles.